The lowest BCUT2D eigenvalue weighted by Gasteiger charge is -2.22. The highest BCUT2D eigenvalue weighted by Crippen LogP contribution is 2.31. The summed E-state index contributed by atoms with van der Waals surface area (Å²) in [6.07, 6.45) is -2.36. The summed E-state index contributed by atoms with van der Waals surface area (Å²) in [7, 11) is 2.51. The monoisotopic (exact) mass is 321 g/mol. The molecule has 0 spiro atoms. The molecule has 1 unspecified atom stereocenters. The summed E-state index contributed by atoms with van der Waals surface area (Å²) in [5.74, 6) is -0.137. The van der Waals surface area contributed by atoms with Crippen molar-refractivity contribution in [3.8, 4) is 5.75 Å². The van der Waals surface area contributed by atoms with Gasteiger partial charge >= 0.3 is 6.36 Å². The Bertz CT molecular complexity index is 467. The van der Waals surface area contributed by atoms with E-state index >= 15 is 0 Å². The van der Waals surface area contributed by atoms with Gasteiger partial charge in [-0.2, -0.15) is 0 Å². The molecular weight excluding hydrogens is 298 g/mol. The summed E-state index contributed by atoms with van der Waals surface area (Å²) in [4.78, 5) is 0. The Hall–Kier alpha value is -0.800. The van der Waals surface area contributed by atoms with Gasteiger partial charge < -0.3 is 10.5 Å². The van der Waals surface area contributed by atoms with E-state index in [0.717, 1.165) is 24.0 Å². The van der Waals surface area contributed by atoms with Crippen LogP contribution in [0.4, 0.5) is 13.2 Å². The summed E-state index contributed by atoms with van der Waals surface area (Å²) >= 11 is 0. The predicted octanol–water partition coefficient (Wildman–Crippen LogP) is 4.37. The molecule has 0 bridgehead atoms. The molecule has 1 aromatic carbocycles. The Morgan fingerprint density at radius 2 is 1.81 bits per heavy atom. The van der Waals surface area contributed by atoms with E-state index in [-0.39, 0.29) is 16.9 Å². The summed E-state index contributed by atoms with van der Waals surface area (Å²) < 4.78 is 41.3. The van der Waals surface area contributed by atoms with E-state index in [4.69, 9.17) is 5.73 Å². The Morgan fingerprint density at radius 1 is 1.19 bits per heavy atom. The Morgan fingerprint density at radius 3 is 2.29 bits per heavy atom. The maximum absolute atomic E-state index is 12.4. The lowest BCUT2D eigenvalue weighted by atomic mass is 9.85. The van der Waals surface area contributed by atoms with Crippen LogP contribution in [0.5, 0.6) is 5.75 Å². The molecule has 6 heteroatoms. The van der Waals surface area contributed by atoms with Crippen molar-refractivity contribution >= 4 is 9.24 Å². The van der Waals surface area contributed by atoms with E-state index in [9.17, 15) is 13.2 Å². The van der Waals surface area contributed by atoms with Gasteiger partial charge in [-0.1, -0.05) is 26.8 Å². The number of hydrogen-bond acceptors (Lipinski definition) is 2. The largest absolute Gasteiger partial charge is 0.573 e. The van der Waals surface area contributed by atoms with Crippen LogP contribution in [0.15, 0.2) is 18.2 Å². The molecule has 1 aromatic rings. The highest BCUT2D eigenvalue weighted by molar-refractivity contribution is 7.17. The molecule has 21 heavy (non-hydrogen) atoms. The number of nitrogens with two attached hydrogens (primary N) is 1. The van der Waals surface area contributed by atoms with E-state index in [2.05, 4.69) is 14.0 Å². The lowest BCUT2D eigenvalue weighted by Crippen LogP contribution is -2.18. The molecule has 2 atom stereocenters. The Kier molecular flexibility index (Phi) is 6.06. The molecule has 2 N–H and O–H groups in total. The van der Waals surface area contributed by atoms with E-state index in [0.29, 0.717) is 6.42 Å². The molecule has 0 aromatic heterocycles. The molecule has 0 aliphatic rings. The van der Waals surface area contributed by atoms with Crippen LogP contribution < -0.4 is 10.5 Å². The number of aryl methyl sites for hydroxylation is 1. The molecule has 1 rings (SSSR count). The van der Waals surface area contributed by atoms with Gasteiger partial charge in [-0.05, 0) is 47.9 Å². The van der Waals surface area contributed by atoms with Gasteiger partial charge in [0, 0.05) is 5.78 Å². The number of benzene rings is 1. The highest BCUT2D eigenvalue weighted by atomic mass is 31.0. The molecular formula is C15H23F3NOP. The van der Waals surface area contributed by atoms with Crippen LogP contribution in [0.25, 0.3) is 0 Å². The quantitative estimate of drug-likeness (QED) is 0.818. The Labute approximate surface area is 126 Å². The molecule has 120 valence electrons. The average Bonchev–Trinajstić information content (AvgIpc) is 2.24. The molecule has 0 aliphatic heterocycles. The average molecular weight is 321 g/mol. The molecule has 0 heterocycles. The first-order valence-electron chi connectivity index (χ1n) is 6.89. The minimum Gasteiger partial charge on any atom is -0.406 e. The molecule has 0 saturated carbocycles. The number of ether oxygens (including phenoxy) is 1. The van der Waals surface area contributed by atoms with Crippen LogP contribution in [0.3, 0.4) is 0 Å². The first-order valence-corrected chi connectivity index (χ1v) is 7.55. The summed E-state index contributed by atoms with van der Waals surface area (Å²) in [5.41, 5.74) is 7.09. The van der Waals surface area contributed by atoms with Crippen molar-refractivity contribution in [3.05, 3.63) is 29.3 Å². The smallest absolute Gasteiger partial charge is 0.406 e. The zero-order valence-electron chi connectivity index (χ0n) is 12.6. The third-order valence-corrected chi connectivity index (χ3v) is 3.40. The van der Waals surface area contributed by atoms with Crippen LogP contribution in [0.2, 0.25) is 0 Å². The van der Waals surface area contributed by atoms with Gasteiger partial charge in [-0.25, -0.2) is 0 Å². The molecule has 0 amide bonds. The van der Waals surface area contributed by atoms with Crippen LogP contribution in [-0.4, -0.2) is 12.1 Å². The topological polar surface area (TPSA) is 35.2 Å². The van der Waals surface area contributed by atoms with E-state index < -0.39 is 6.36 Å². The SMILES string of the molecule is CC(C)(C)c1cc(CCC[C@H](N)P)cc(OC(F)(F)F)c1. The minimum atomic E-state index is -4.67. The van der Waals surface area contributed by atoms with Crippen molar-refractivity contribution in [1.82, 2.24) is 0 Å². The third-order valence-electron chi connectivity index (χ3n) is 3.07. The first-order chi connectivity index (χ1) is 9.47. The summed E-state index contributed by atoms with van der Waals surface area (Å²) in [5, 5.41) is 0. The van der Waals surface area contributed by atoms with Crippen molar-refractivity contribution < 1.29 is 17.9 Å². The van der Waals surface area contributed by atoms with Crippen LogP contribution in [-0.2, 0) is 11.8 Å². The lowest BCUT2D eigenvalue weighted by molar-refractivity contribution is -0.274. The van der Waals surface area contributed by atoms with Gasteiger partial charge in [-0.15, -0.1) is 22.4 Å². The van der Waals surface area contributed by atoms with Crippen molar-refractivity contribution in [2.75, 3.05) is 0 Å². The van der Waals surface area contributed by atoms with Gasteiger partial charge in [0.2, 0.25) is 0 Å². The number of rotatable bonds is 5. The highest BCUT2D eigenvalue weighted by Gasteiger charge is 2.31. The second-order valence-corrected chi connectivity index (χ2v) is 7.08. The zero-order valence-corrected chi connectivity index (χ0v) is 13.8. The normalized spacial score (nSPS) is 14.1. The third kappa shape index (κ3) is 7.14. The molecule has 0 radical (unpaired) electrons. The van der Waals surface area contributed by atoms with E-state index in [1.165, 1.54) is 12.1 Å². The maximum atomic E-state index is 12.4. The number of hydrogen-bond donors (Lipinski definition) is 1. The summed E-state index contributed by atoms with van der Waals surface area (Å²) in [6.45, 7) is 5.88. The van der Waals surface area contributed by atoms with Crippen molar-refractivity contribution in [3.63, 3.8) is 0 Å². The van der Waals surface area contributed by atoms with Crippen molar-refractivity contribution in [1.29, 1.82) is 0 Å². The molecule has 0 saturated heterocycles. The van der Waals surface area contributed by atoms with Gasteiger partial charge in [0.15, 0.2) is 0 Å². The maximum Gasteiger partial charge on any atom is 0.573 e. The zero-order chi connectivity index (χ0) is 16.3. The van der Waals surface area contributed by atoms with E-state index in [1.54, 1.807) is 0 Å². The van der Waals surface area contributed by atoms with Crippen molar-refractivity contribution in [2.24, 2.45) is 5.73 Å². The van der Waals surface area contributed by atoms with Gasteiger partial charge in [-0.3, -0.25) is 0 Å². The Balaban J connectivity index is 2.98. The van der Waals surface area contributed by atoms with Gasteiger partial charge in [0.05, 0.1) is 0 Å². The van der Waals surface area contributed by atoms with Crippen LogP contribution in [0.1, 0.15) is 44.7 Å². The molecule has 2 nitrogen and oxygen atoms in total. The van der Waals surface area contributed by atoms with Crippen molar-refractivity contribution in [2.45, 2.75) is 57.6 Å². The van der Waals surface area contributed by atoms with Crippen LogP contribution in [0, 0.1) is 0 Å². The number of halogens is 3. The van der Waals surface area contributed by atoms with Gasteiger partial charge in [0.25, 0.3) is 0 Å². The second kappa shape index (κ2) is 6.97. The first kappa shape index (κ1) is 18.2. The second-order valence-electron chi connectivity index (χ2n) is 6.22. The standard InChI is InChI=1S/C15H23F3NOP/c1-14(2,3)11-7-10(5-4-6-13(19)21)8-12(9-11)20-15(16,17)18/h7-9,13H,4-6,19,21H2,1-3H3/t13-/m1/s1. The van der Waals surface area contributed by atoms with E-state index in [1.807, 2.05) is 26.8 Å². The predicted molar refractivity (Wildman–Crippen MR) is 82.4 cm³/mol. The minimum absolute atomic E-state index is 0.0155. The molecule has 0 fully saturated rings. The number of alkyl halides is 3. The fourth-order valence-corrected chi connectivity index (χ4v) is 2.21. The summed E-state index contributed by atoms with van der Waals surface area (Å²) in [6, 6.07) is 4.85. The fraction of sp³-hybridized carbons (Fsp3) is 0.600. The fourth-order valence-electron chi connectivity index (χ4n) is 1.97. The van der Waals surface area contributed by atoms with Gasteiger partial charge in [0.1, 0.15) is 5.75 Å². The van der Waals surface area contributed by atoms with Crippen LogP contribution >= 0.6 is 9.24 Å². The molecule has 0 aliphatic carbocycles.